The molecule has 6 nitrogen and oxygen atoms in total. The van der Waals surface area contributed by atoms with E-state index in [0.29, 0.717) is 0 Å². The normalized spacial score (nSPS) is 12.1. The van der Waals surface area contributed by atoms with E-state index in [2.05, 4.69) is 121 Å². The highest BCUT2D eigenvalue weighted by Crippen LogP contribution is 2.52. The number of anilines is 2. The van der Waals surface area contributed by atoms with E-state index >= 15 is 0 Å². The molecule has 2 heterocycles. The maximum atomic E-state index is 6.29. The second-order valence-corrected chi connectivity index (χ2v) is 13.6. The van der Waals surface area contributed by atoms with Gasteiger partial charge in [-0.3, -0.25) is 0 Å². The first-order valence-corrected chi connectivity index (χ1v) is 18.3. The molecule has 0 radical (unpaired) electrons. The van der Waals surface area contributed by atoms with E-state index in [1.54, 1.807) is 0 Å². The molecule has 0 atom stereocenters. The van der Waals surface area contributed by atoms with Crippen molar-refractivity contribution in [2.45, 2.75) is 19.8 Å². The Bertz CT molecular complexity index is 2650. The fourth-order valence-electron chi connectivity index (χ4n) is 7.12. The van der Waals surface area contributed by atoms with Gasteiger partial charge in [0.2, 0.25) is 0 Å². The van der Waals surface area contributed by atoms with Gasteiger partial charge in [-0.05, 0) is 62.7 Å². The highest BCUT2D eigenvalue weighted by atomic mass is 32.1. The Labute approximate surface area is 297 Å². The number of nitrogen functional groups attached to an aromatic ring is 1. The van der Waals surface area contributed by atoms with Gasteiger partial charge in [0, 0.05) is 39.8 Å². The lowest BCUT2D eigenvalue weighted by molar-refractivity contribution is 0.835. The first-order chi connectivity index (χ1) is 24.7. The Morgan fingerprint density at radius 1 is 0.560 bits per heavy atom. The first-order valence-electron chi connectivity index (χ1n) is 16.8. The van der Waals surface area contributed by atoms with E-state index in [1.807, 2.05) is 12.1 Å². The lowest BCUT2D eigenvalue weighted by atomic mass is 9.91. The van der Waals surface area contributed by atoms with Crippen molar-refractivity contribution >= 4 is 78.4 Å². The van der Waals surface area contributed by atoms with E-state index < -0.39 is 0 Å². The van der Waals surface area contributed by atoms with Crippen molar-refractivity contribution in [1.29, 1.82) is 0 Å². The third-order valence-corrected chi connectivity index (χ3v) is 10.7. The quantitative estimate of drug-likeness (QED) is 0.123. The molecule has 1 aliphatic rings. The Kier molecular flexibility index (Phi) is 7.67. The monoisotopic (exact) mass is 684 g/mol. The van der Waals surface area contributed by atoms with Gasteiger partial charge in [0.1, 0.15) is 22.4 Å². The summed E-state index contributed by atoms with van der Waals surface area (Å²) in [5, 5.41) is 8.30. The maximum Gasteiger partial charge on any atom is 0.115 e. The van der Waals surface area contributed by atoms with Crippen molar-refractivity contribution in [2.24, 2.45) is 8.73 Å². The lowest BCUT2D eigenvalue weighted by Gasteiger charge is -2.15. The highest BCUT2D eigenvalue weighted by Gasteiger charge is 2.26. The smallest absolute Gasteiger partial charge is 0.115 e. The zero-order valence-electron chi connectivity index (χ0n) is 27.4. The van der Waals surface area contributed by atoms with Gasteiger partial charge in [-0.2, -0.15) is 17.5 Å². The van der Waals surface area contributed by atoms with Gasteiger partial charge in [-0.15, -0.1) is 0 Å². The molecule has 1 aromatic heterocycles. The summed E-state index contributed by atoms with van der Waals surface area (Å²) in [5.41, 5.74) is 20.3. The average molecular weight is 685 g/mol. The third-order valence-electron chi connectivity index (χ3n) is 9.62. The van der Waals surface area contributed by atoms with Crippen LogP contribution in [0.4, 0.5) is 22.7 Å². The molecule has 242 valence electrons. The summed E-state index contributed by atoms with van der Waals surface area (Å²) in [6.45, 7) is 3.19. The van der Waals surface area contributed by atoms with Crippen molar-refractivity contribution in [3.63, 3.8) is 0 Å². The Morgan fingerprint density at radius 3 is 1.64 bits per heavy atom. The molecule has 0 amide bonds. The largest absolute Gasteiger partial charge is 0.398 e. The SMILES string of the molecule is CCCCNc1ccc(-c2ccc(-c3c4c(c(-c5ccc(-c6ccc(N)c7ccccc67)cc5)c5nsnc35)N=S=N4)cc2)c2ccccc12. The van der Waals surface area contributed by atoms with E-state index in [-0.39, 0.29) is 0 Å². The summed E-state index contributed by atoms with van der Waals surface area (Å²) in [6, 6.07) is 42.8. The van der Waals surface area contributed by atoms with E-state index in [4.69, 9.17) is 23.2 Å². The number of hydrogen-bond acceptors (Lipinski definition) is 7. The van der Waals surface area contributed by atoms with E-state index in [1.165, 1.54) is 51.5 Å². The summed E-state index contributed by atoms with van der Waals surface area (Å²) >= 11 is 2.45. The molecule has 0 spiro atoms. The number of benzene rings is 7. The van der Waals surface area contributed by atoms with Crippen molar-refractivity contribution in [2.75, 3.05) is 17.6 Å². The molecule has 9 rings (SSSR count). The molecule has 0 saturated heterocycles. The summed E-state index contributed by atoms with van der Waals surface area (Å²) in [5.74, 6) is 0. The van der Waals surface area contributed by atoms with Gasteiger partial charge >= 0.3 is 0 Å². The van der Waals surface area contributed by atoms with Crippen molar-refractivity contribution < 1.29 is 0 Å². The molecule has 0 saturated carbocycles. The molecule has 7 aromatic carbocycles. The molecule has 1 aliphatic heterocycles. The summed E-state index contributed by atoms with van der Waals surface area (Å²) in [7, 11) is 0. The minimum absolute atomic E-state index is 0.783. The van der Waals surface area contributed by atoms with Gasteiger partial charge in [-0.1, -0.05) is 123 Å². The fraction of sp³-hybridized carbons (Fsp3) is 0.0952. The number of nitrogens with one attached hydrogen (secondary N) is 1. The number of nitrogens with zero attached hydrogens (tertiary/aromatic N) is 4. The van der Waals surface area contributed by atoms with Crippen LogP contribution in [0.25, 0.3) is 77.1 Å². The van der Waals surface area contributed by atoms with Crippen LogP contribution in [0.1, 0.15) is 19.8 Å². The van der Waals surface area contributed by atoms with Gasteiger partial charge < -0.3 is 11.1 Å². The molecule has 0 bridgehead atoms. The van der Waals surface area contributed by atoms with Crippen LogP contribution in [-0.4, -0.2) is 15.3 Å². The molecular weight excluding hydrogens is 653 g/mol. The second-order valence-electron chi connectivity index (χ2n) is 12.6. The summed E-state index contributed by atoms with van der Waals surface area (Å²) in [6.07, 6.45) is 2.32. The van der Waals surface area contributed by atoms with Crippen LogP contribution in [0.5, 0.6) is 0 Å². The van der Waals surface area contributed by atoms with Crippen molar-refractivity contribution in [1.82, 2.24) is 8.75 Å². The third kappa shape index (κ3) is 5.07. The van der Waals surface area contributed by atoms with Gasteiger partial charge in [0.05, 0.1) is 23.1 Å². The summed E-state index contributed by atoms with van der Waals surface area (Å²) < 4.78 is 19.3. The number of hydrogen-bond donors (Lipinski definition) is 2. The molecule has 3 N–H and O–H groups in total. The van der Waals surface area contributed by atoms with Crippen LogP contribution in [0.15, 0.2) is 130 Å². The molecule has 50 heavy (non-hydrogen) atoms. The van der Waals surface area contributed by atoms with Crippen LogP contribution >= 0.6 is 11.7 Å². The van der Waals surface area contributed by atoms with E-state index in [9.17, 15) is 0 Å². The Hall–Kier alpha value is -5.70. The Morgan fingerprint density at radius 2 is 1.06 bits per heavy atom. The number of unbranched alkanes of at least 4 members (excludes halogenated alkanes) is 1. The molecule has 8 heteroatoms. The van der Waals surface area contributed by atoms with Crippen molar-refractivity contribution in [3.8, 4) is 44.5 Å². The fourth-order valence-corrected chi connectivity index (χ4v) is 8.24. The highest BCUT2D eigenvalue weighted by molar-refractivity contribution is 7.58. The summed E-state index contributed by atoms with van der Waals surface area (Å²) in [4.78, 5) is 0. The standard InChI is InChI=1S/C42H32N6S2/c1-2-3-24-44-36-23-21-30(32-9-5-7-11-34(32)36)26-14-18-28(19-15-26)38-41-39(45-49-47-41)37(40-42(38)48-50-46-40)27-16-12-25(13-17-27)29-20-22-35(43)33-10-6-4-8-31(29)33/h4-23,44H,2-3,24,43H2,1H3. The zero-order valence-corrected chi connectivity index (χ0v) is 29.0. The molecule has 0 aliphatic carbocycles. The van der Waals surface area contributed by atoms with Crippen LogP contribution in [-0.2, 0) is 11.4 Å². The van der Waals surface area contributed by atoms with Crippen molar-refractivity contribution in [3.05, 3.63) is 121 Å². The zero-order chi connectivity index (χ0) is 33.6. The minimum Gasteiger partial charge on any atom is -0.398 e. The van der Waals surface area contributed by atoms with Gasteiger partial charge in [0.25, 0.3) is 0 Å². The maximum absolute atomic E-state index is 6.29. The lowest BCUT2D eigenvalue weighted by Crippen LogP contribution is -2.01. The number of rotatable bonds is 8. The van der Waals surface area contributed by atoms with Crippen LogP contribution < -0.4 is 11.1 Å². The minimum atomic E-state index is 0.783. The van der Waals surface area contributed by atoms with Crippen LogP contribution in [0, 0.1) is 0 Å². The Balaban J connectivity index is 1.10. The number of nitrogens with two attached hydrogens (primary N) is 1. The molecule has 0 fully saturated rings. The predicted octanol–water partition coefficient (Wildman–Crippen LogP) is 12.2. The average Bonchev–Trinajstić information content (AvgIpc) is 3.85. The number of aromatic nitrogens is 2. The predicted molar refractivity (Wildman–Crippen MR) is 214 cm³/mol. The van der Waals surface area contributed by atoms with Crippen LogP contribution in [0.3, 0.4) is 0 Å². The van der Waals surface area contributed by atoms with Gasteiger partial charge in [-0.25, -0.2) is 0 Å². The second kappa shape index (κ2) is 12.6. The molecular formula is C42H32N6S2. The number of fused-ring (bicyclic) bond motifs is 4. The van der Waals surface area contributed by atoms with Crippen LogP contribution in [0.2, 0.25) is 0 Å². The van der Waals surface area contributed by atoms with Gasteiger partial charge in [0.15, 0.2) is 0 Å². The van der Waals surface area contributed by atoms with E-state index in [0.717, 1.165) is 90.8 Å². The molecule has 8 aromatic rings. The topological polar surface area (TPSA) is 88.5 Å². The molecule has 0 unspecified atom stereocenters. The first kappa shape index (κ1) is 30.4.